The third kappa shape index (κ3) is 3.75. The molecule has 6 nitrogen and oxygen atoms in total. The fraction of sp³-hybridized carbons (Fsp3) is 0.333. The van der Waals surface area contributed by atoms with E-state index in [9.17, 15) is 9.90 Å². The summed E-state index contributed by atoms with van der Waals surface area (Å²) in [6.45, 7) is 4.45. The first-order chi connectivity index (χ1) is 9.97. The average molecular weight is 286 g/mol. The SMILES string of the molecule is CC(C)c1ncc(CN(C)C(=O)c2cncc(O)c2)cn1. The Morgan fingerprint density at radius 3 is 2.48 bits per heavy atom. The molecular weight excluding hydrogens is 268 g/mol. The van der Waals surface area contributed by atoms with Gasteiger partial charge in [-0.25, -0.2) is 9.97 Å². The number of aromatic nitrogens is 3. The highest BCUT2D eigenvalue weighted by atomic mass is 16.3. The van der Waals surface area contributed by atoms with Crippen LogP contribution in [-0.2, 0) is 6.54 Å². The maximum atomic E-state index is 12.2. The van der Waals surface area contributed by atoms with Crippen LogP contribution in [0, 0.1) is 0 Å². The minimum absolute atomic E-state index is 0.0288. The first kappa shape index (κ1) is 14.9. The van der Waals surface area contributed by atoms with Crippen molar-refractivity contribution in [2.75, 3.05) is 7.05 Å². The lowest BCUT2D eigenvalue weighted by atomic mass is 10.2. The first-order valence-electron chi connectivity index (χ1n) is 6.67. The molecule has 0 fully saturated rings. The van der Waals surface area contributed by atoms with Crippen molar-refractivity contribution < 1.29 is 9.90 Å². The largest absolute Gasteiger partial charge is 0.506 e. The molecular formula is C15H18N4O2. The molecule has 0 unspecified atom stereocenters. The minimum atomic E-state index is -0.216. The lowest BCUT2D eigenvalue weighted by Gasteiger charge is -2.17. The topological polar surface area (TPSA) is 79.2 Å². The molecule has 0 atom stereocenters. The van der Waals surface area contributed by atoms with Gasteiger partial charge >= 0.3 is 0 Å². The molecule has 0 saturated carbocycles. The standard InChI is InChI=1S/C15H18N4O2/c1-10(2)14-17-5-11(6-18-14)9-19(3)15(21)12-4-13(20)8-16-7-12/h4-8,10,20H,9H2,1-3H3. The zero-order valence-corrected chi connectivity index (χ0v) is 12.3. The Morgan fingerprint density at radius 2 is 1.90 bits per heavy atom. The first-order valence-corrected chi connectivity index (χ1v) is 6.67. The number of carbonyl (C=O) groups excluding carboxylic acids is 1. The summed E-state index contributed by atoms with van der Waals surface area (Å²) in [5.74, 6) is 0.812. The third-order valence-corrected chi connectivity index (χ3v) is 2.98. The van der Waals surface area contributed by atoms with Crippen LogP contribution in [0.3, 0.4) is 0 Å². The molecule has 110 valence electrons. The molecule has 2 rings (SSSR count). The number of nitrogens with zero attached hydrogens (tertiary/aromatic N) is 4. The van der Waals surface area contributed by atoms with Crippen LogP contribution in [-0.4, -0.2) is 37.9 Å². The third-order valence-electron chi connectivity index (χ3n) is 2.98. The lowest BCUT2D eigenvalue weighted by Crippen LogP contribution is -2.26. The Bertz CT molecular complexity index is 626. The second-order valence-corrected chi connectivity index (χ2v) is 5.20. The smallest absolute Gasteiger partial charge is 0.255 e. The predicted molar refractivity (Wildman–Crippen MR) is 77.8 cm³/mol. The Kier molecular flexibility index (Phi) is 4.47. The summed E-state index contributed by atoms with van der Waals surface area (Å²) >= 11 is 0. The van der Waals surface area contributed by atoms with Gasteiger partial charge in [-0.05, 0) is 6.07 Å². The summed E-state index contributed by atoms with van der Waals surface area (Å²) in [6, 6.07) is 1.39. The van der Waals surface area contributed by atoms with Crippen LogP contribution < -0.4 is 0 Å². The molecule has 2 heterocycles. The molecule has 0 bridgehead atoms. The van der Waals surface area contributed by atoms with Gasteiger partial charge in [-0.3, -0.25) is 9.78 Å². The molecule has 0 aliphatic heterocycles. The van der Waals surface area contributed by atoms with E-state index in [1.165, 1.54) is 23.4 Å². The van der Waals surface area contributed by atoms with Gasteiger partial charge in [-0.2, -0.15) is 0 Å². The fourth-order valence-electron chi connectivity index (χ4n) is 1.86. The zero-order chi connectivity index (χ0) is 15.4. The van der Waals surface area contributed by atoms with E-state index >= 15 is 0 Å². The van der Waals surface area contributed by atoms with Gasteiger partial charge < -0.3 is 10.0 Å². The van der Waals surface area contributed by atoms with E-state index in [-0.39, 0.29) is 17.6 Å². The Labute approximate surface area is 123 Å². The van der Waals surface area contributed by atoms with Crippen molar-refractivity contribution in [3.8, 4) is 5.75 Å². The number of rotatable bonds is 4. The molecule has 0 aliphatic carbocycles. The van der Waals surface area contributed by atoms with Crippen LogP contribution in [0.25, 0.3) is 0 Å². The number of amides is 1. The van der Waals surface area contributed by atoms with Crippen molar-refractivity contribution in [3.63, 3.8) is 0 Å². The van der Waals surface area contributed by atoms with Crippen LogP contribution in [0.5, 0.6) is 5.75 Å². The van der Waals surface area contributed by atoms with E-state index in [4.69, 9.17) is 0 Å². The summed E-state index contributed by atoms with van der Waals surface area (Å²) in [6.07, 6.45) is 6.17. The van der Waals surface area contributed by atoms with Crippen molar-refractivity contribution in [1.29, 1.82) is 0 Å². The van der Waals surface area contributed by atoms with Crippen LogP contribution in [0.15, 0.2) is 30.9 Å². The normalized spacial score (nSPS) is 10.7. The van der Waals surface area contributed by atoms with Crippen molar-refractivity contribution in [2.24, 2.45) is 0 Å². The maximum Gasteiger partial charge on any atom is 0.255 e. The molecule has 0 aliphatic rings. The molecule has 0 aromatic carbocycles. The lowest BCUT2D eigenvalue weighted by molar-refractivity contribution is 0.0784. The maximum absolute atomic E-state index is 12.2. The predicted octanol–water partition coefficient (Wildman–Crippen LogP) is 1.97. The molecule has 6 heteroatoms. The molecule has 1 N–H and O–H groups in total. The van der Waals surface area contributed by atoms with E-state index in [1.807, 2.05) is 13.8 Å². The summed E-state index contributed by atoms with van der Waals surface area (Å²) in [4.78, 5) is 26.1. The molecule has 1 amide bonds. The summed E-state index contributed by atoms with van der Waals surface area (Å²) < 4.78 is 0. The van der Waals surface area contributed by atoms with Crippen molar-refractivity contribution in [3.05, 3.63) is 47.8 Å². The Balaban J connectivity index is 2.07. The van der Waals surface area contributed by atoms with Crippen LogP contribution in [0.1, 0.15) is 41.5 Å². The number of aromatic hydroxyl groups is 1. The molecule has 0 spiro atoms. The van der Waals surface area contributed by atoms with Crippen molar-refractivity contribution in [1.82, 2.24) is 19.9 Å². The highest BCUT2D eigenvalue weighted by Gasteiger charge is 2.13. The quantitative estimate of drug-likeness (QED) is 0.929. The monoisotopic (exact) mass is 286 g/mol. The summed E-state index contributed by atoms with van der Waals surface area (Å²) in [5, 5.41) is 9.36. The molecule has 2 aromatic rings. The number of hydrogen-bond acceptors (Lipinski definition) is 5. The van der Waals surface area contributed by atoms with E-state index < -0.39 is 0 Å². The van der Waals surface area contributed by atoms with Gasteiger partial charge in [-0.15, -0.1) is 0 Å². The average Bonchev–Trinajstić information content (AvgIpc) is 2.47. The van der Waals surface area contributed by atoms with Crippen molar-refractivity contribution in [2.45, 2.75) is 26.3 Å². The fourth-order valence-corrected chi connectivity index (χ4v) is 1.86. The highest BCUT2D eigenvalue weighted by Crippen LogP contribution is 2.13. The summed E-state index contributed by atoms with van der Waals surface area (Å²) in [7, 11) is 1.68. The van der Waals surface area contributed by atoms with Crippen LogP contribution in [0.4, 0.5) is 0 Å². The van der Waals surface area contributed by atoms with Gasteiger partial charge in [0.2, 0.25) is 0 Å². The molecule has 21 heavy (non-hydrogen) atoms. The zero-order valence-electron chi connectivity index (χ0n) is 12.3. The van der Waals surface area contributed by atoms with Gasteiger partial charge in [0.25, 0.3) is 5.91 Å². The van der Waals surface area contributed by atoms with Gasteiger partial charge in [-0.1, -0.05) is 13.8 Å². The Hall–Kier alpha value is -2.50. The molecule has 0 radical (unpaired) electrons. The second kappa shape index (κ2) is 6.30. The number of carbonyl (C=O) groups is 1. The van der Waals surface area contributed by atoms with E-state index in [0.717, 1.165) is 11.4 Å². The van der Waals surface area contributed by atoms with Crippen LogP contribution in [0.2, 0.25) is 0 Å². The van der Waals surface area contributed by atoms with Gasteiger partial charge in [0, 0.05) is 43.7 Å². The van der Waals surface area contributed by atoms with Gasteiger partial charge in [0.05, 0.1) is 11.8 Å². The van der Waals surface area contributed by atoms with E-state index in [0.29, 0.717) is 12.1 Å². The van der Waals surface area contributed by atoms with Gasteiger partial charge in [0.1, 0.15) is 11.6 Å². The van der Waals surface area contributed by atoms with E-state index in [2.05, 4.69) is 15.0 Å². The Morgan fingerprint density at radius 1 is 1.24 bits per heavy atom. The molecule has 2 aromatic heterocycles. The minimum Gasteiger partial charge on any atom is -0.506 e. The second-order valence-electron chi connectivity index (χ2n) is 5.20. The highest BCUT2D eigenvalue weighted by molar-refractivity contribution is 5.94. The van der Waals surface area contributed by atoms with Crippen LogP contribution >= 0.6 is 0 Å². The summed E-state index contributed by atoms with van der Waals surface area (Å²) in [5.41, 5.74) is 1.19. The van der Waals surface area contributed by atoms with Crippen molar-refractivity contribution >= 4 is 5.91 Å². The van der Waals surface area contributed by atoms with E-state index in [1.54, 1.807) is 19.4 Å². The number of pyridine rings is 1. The molecule has 0 saturated heterocycles. The number of hydrogen-bond donors (Lipinski definition) is 1. The van der Waals surface area contributed by atoms with Gasteiger partial charge in [0.15, 0.2) is 0 Å².